The molecule has 4 nitrogen and oxygen atoms in total. The number of benzene rings is 1. The van der Waals surface area contributed by atoms with Crippen LogP contribution in [0.1, 0.15) is 24.8 Å². The standard InChI is InChI=1S/C16H26N4.HI/c1-19(14-15-8-4-2-5-9-15)13-10-18-16(17)20-11-6-3-7-12-20;/h2,4-5,8-9H,3,6-7,10-14H2,1H3,(H2,17,18);1H. The molecule has 1 saturated heterocycles. The van der Waals surface area contributed by atoms with Gasteiger partial charge in [-0.25, -0.2) is 0 Å². The smallest absolute Gasteiger partial charge is 0.191 e. The van der Waals surface area contributed by atoms with Crippen molar-refractivity contribution >= 4 is 29.9 Å². The van der Waals surface area contributed by atoms with Crippen LogP contribution in [0.25, 0.3) is 0 Å². The summed E-state index contributed by atoms with van der Waals surface area (Å²) in [6.07, 6.45) is 3.80. The lowest BCUT2D eigenvalue weighted by molar-refractivity contribution is 0.327. The molecule has 1 aromatic rings. The molecule has 0 atom stereocenters. The van der Waals surface area contributed by atoms with Gasteiger partial charge in [0.1, 0.15) is 0 Å². The van der Waals surface area contributed by atoms with Crippen LogP contribution in [0.4, 0.5) is 0 Å². The minimum atomic E-state index is 0. The van der Waals surface area contributed by atoms with Crippen LogP contribution in [0, 0.1) is 0 Å². The Morgan fingerprint density at radius 1 is 1.19 bits per heavy atom. The van der Waals surface area contributed by atoms with Crippen molar-refractivity contribution in [3.63, 3.8) is 0 Å². The van der Waals surface area contributed by atoms with Gasteiger partial charge in [0, 0.05) is 26.2 Å². The summed E-state index contributed by atoms with van der Waals surface area (Å²) in [6.45, 7) is 4.79. The largest absolute Gasteiger partial charge is 0.370 e. The van der Waals surface area contributed by atoms with E-state index in [-0.39, 0.29) is 24.0 Å². The van der Waals surface area contributed by atoms with Gasteiger partial charge in [-0.05, 0) is 31.9 Å². The molecule has 118 valence electrons. The van der Waals surface area contributed by atoms with Gasteiger partial charge in [0.05, 0.1) is 6.54 Å². The van der Waals surface area contributed by atoms with Crippen molar-refractivity contribution in [1.29, 1.82) is 0 Å². The highest BCUT2D eigenvalue weighted by Gasteiger charge is 2.11. The van der Waals surface area contributed by atoms with Crippen LogP contribution in [0.15, 0.2) is 35.3 Å². The molecule has 1 fully saturated rings. The molecule has 0 saturated carbocycles. The summed E-state index contributed by atoms with van der Waals surface area (Å²) in [7, 11) is 2.12. The Hall–Kier alpha value is -0.820. The second-order valence-electron chi connectivity index (χ2n) is 5.51. The third-order valence-corrected chi connectivity index (χ3v) is 3.73. The summed E-state index contributed by atoms with van der Waals surface area (Å²) in [6, 6.07) is 10.5. The summed E-state index contributed by atoms with van der Waals surface area (Å²) in [5, 5.41) is 0. The highest BCUT2D eigenvalue weighted by atomic mass is 127. The van der Waals surface area contributed by atoms with Crippen molar-refractivity contribution in [2.75, 3.05) is 33.2 Å². The summed E-state index contributed by atoms with van der Waals surface area (Å²) in [5.41, 5.74) is 7.38. The second-order valence-corrected chi connectivity index (χ2v) is 5.51. The Kier molecular flexibility index (Phi) is 8.68. The molecule has 0 amide bonds. The zero-order valence-electron chi connectivity index (χ0n) is 12.9. The molecule has 1 aromatic carbocycles. The highest BCUT2D eigenvalue weighted by molar-refractivity contribution is 14.0. The van der Waals surface area contributed by atoms with Gasteiger partial charge in [-0.2, -0.15) is 0 Å². The van der Waals surface area contributed by atoms with Gasteiger partial charge in [-0.1, -0.05) is 30.3 Å². The van der Waals surface area contributed by atoms with Gasteiger partial charge in [0.25, 0.3) is 0 Å². The van der Waals surface area contributed by atoms with Crippen molar-refractivity contribution in [3.05, 3.63) is 35.9 Å². The van der Waals surface area contributed by atoms with E-state index >= 15 is 0 Å². The van der Waals surface area contributed by atoms with Gasteiger partial charge in [0.2, 0.25) is 0 Å². The maximum atomic E-state index is 6.04. The lowest BCUT2D eigenvalue weighted by atomic mass is 10.1. The van der Waals surface area contributed by atoms with Crippen LogP contribution in [0.2, 0.25) is 0 Å². The Labute approximate surface area is 145 Å². The number of nitrogens with two attached hydrogens (primary N) is 1. The van der Waals surface area contributed by atoms with E-state index in [9.17, 15) is 0 Å². The molecule has 5 heteroatoms. The van der Waals surface area contributed by atoms with Gasteiger partial charge in [-0.15, -0.1) is 24.0 Å². The molecule has 0 bridgehead atoms. The van der Waals surface area contributed by atoms with Crippen LogP contribution in [0.5, 0.6) is 0 Å². The Balaban J connectivity index is 0.00000220. The van der Waals surface area contributed by atoms with Crippen LogP contribution in [-0.2, 0) is 6.54 Å². The molecular weight excluding hydrogens is 375 g/mol. The first-order chi connectivity index (χ1) is 9.75. The molecular formula is C16H27IN4. The lowest BCUT2D eigenvalue weighted by Gasteiger charge is -2.27. The number of hydrogen-bond acceptors (Lipinski definition) is 2. The summed E-state index contributed by atoms with van der Waals surface area (Å²) >= 11 is 0. The first-order valence-electron chi connectivity index (χ1n) is 7.53. The SMILES string of the molecule is CN(CCN=C(N)N1CCCCC1)Cc1ccccc1.I. The average Bonchev–Trinajstić information content (AvgIpc) is 2.49. The fourth-order valence-corrected chi connectivity index (χ4v) is 2.53. The molecule has 21 heavy (non-hydrogen) atoms. The zero-order chi connectivity index (χ0) is 14.2. The second kappa shape index (κ2) is 10.00. The van der Waals surface area contributed by atoms with Crippen molar-refractivity contribution in [3.8, 4) is 0 Å². The molecule has 1 aliphatic rings. The normalized spacial score (nSPS) is 15.9. The van der Waals surface area contributed by atoms with Crippen LogP contribution in [0.3, 0.4) is 0 Å². The van der Waals surface area contributed by atoms with E-state index in [0.29, 0.717) is 0 Å². The maximum absolute atomic E-state index is 6.04. The van der Waals surface area contributed by atoms with E-state index in [1.165, 1.54) is 24.8 Å². The molecule has 0 spiro atoms. The first kappa shape index (κ1) is 18.2. The molecule has 0 aromatic heterocycles. The number of likely N-dealkylation sites (N-methyl/N-ethyl adjacent to an activating group) is 1. The topological polar surface area (TPSA) is 44.9 Å². The number of likely N-dealkylation sites (tertiary alicyclic amines) is 1. The summed E-state index contributed by atoms with van der Waals surface area (Å²) < 4.78 is 0. The molecule has 1 heterocycles. The van der Waals surface area contributed by atoms with Crippen molar-refractivity contribution < 1.29 is 0 Å². The zero-order valence-corrected chi connectivity index (χ0v) is 15.2. The third kappa shape index (κ3) is 6.65. The lowest BCUT2D eigenvalue weighted by Crippen LogP contribution is -2.41. The van der Waals surface area contributed by atoms with Gasteiger partial charge in [0.15, 0.2) is 5.96 Å². The van der Waals surface area contributed by atoms with E-state index in [1.54, 1.807) is 0 Å². The molecule has 0 unspecified atom stereocenters. The monoisotopic (exact) mass is 402 g/mol. The van der Waals surface area contributed by atoms with Crippen LogP contribution >= 0.6 is 24.0 Å². The number of rotatable bonds is 5. The Bertz CT molecular complexity index is 416. The fourth-order valence-electron chi connectivity index (χ4n) is 2.53. The number of nitrogens with zero attached hydrogens (tertiary/aromatic N) is 3. The third-order valence-electron chi connectivity index (χ3n) is 3.73. The number of guanidine groups is 1. The van der Waals surface area contributed by atoms with E-state index in [2.05, 4.69) is 46.1 Å². The minimum Gasteiger partial charge on any atom is -0.370 e. The van der Waals surface area contributed by atoms with Gasteiger partial charge < -0.3 is 15.5 Å². The van der Waals surface area contributed by atoms with Crippen molar-refractivity contribution in [2.24, 2.45) is 10.7 Å². The number of piperidine rings is 1. The molecule has 2 N–H and O–H groups in total. The average molecular weight is 402 g/mol. The molecule has 1 aliphatic heterocycles. The summed E-state index contributed by atoms with van der Waals surface area (Å²) in [4.78, 5) is 9.00. The van der Waals surface area contributed by atoms with E-state index in [4.69, 9.17) is 5.73 Å². The Morgan fingerprint density at radius 2 is 1.86 bits per heavy atom. The Morgan fingerprint density at radius 3 is 2.52 bits per heavy atom. The molecule has 2 rings (SSSR count). The molecule has 0 radical (unpaired) electrons. The summed E-state index contributed by atoms with van der Waals surface area (Å²) in [5.74, 6) is 0.720. The van der Waals surface area contributed by atoms with E-state index in [0.717, 1.165) is 38.7 Å². The van der Waals surface area contributed by atoms with Gasteiger partial charge >= 0.3 is 0 Å². The fraction of sp³-hybridized carbons (Fsp3) is 0.562. The van der Waals surface area contributed by atoms with E-state index < -0.39 is 0 Å². The minimum absolute atomic E-state index is 0. The van der Waals surface area contributed by atoms with Crippen molar-refractivity contribution in [1.82, 2.24) is 9.80 Å². The van der Waals surface area contributed by atoms with E-state index in [1.807, 2.05) is 6.07 Å². The van der Waals surface area contributed by atoms with Crippen molar-refractivity contribution in [2.45, 2.75) is 25.8 Å². The highest BCUT2D eigenvalue weighted by Crippen LogP contribution is 2.08. The quantitative estimate of drug-likeness (QED) is 0.468. The predicted molar refractivity (Wildman–Crippen MR) is 100 cm³/mol. The first-order valence-corrected chi connectivity index (χ1v) is 7.53. The number of hydrogen-bond donors (Lipinski definition) is 1. The van der Waals surface area contributed by atoms with Gasteiger partial charge in [-0.3, -0.25) is 4.99 Å². The van der Waals surface area contributed by atoms with Crippen LogP contribution < -0.4 is 5.73 Å². The number of aliphatic imine (C=N–C) groups is 1. The number of halogens is 1. The molecule has 0 aliphatic carbocycles. The maximum Gasteiger partial charge on any atom is 0.191 e. The van der Waals surface area contributed by atoms with Crippen LogP contribution in [-0.4, -0.2) is 49.0 Å². The predicted octanol–water partition coefficient (Wildman–Crippen LogP) is 2.54.